The van der Waals surface area contributed by atoms with Crippen LogP contribution in [0, 0.1) is 11.8 Å². The molecule has 3 nitrogen and oxygen atoms in total. The molecular weight excluding hydrogens is 212 g/mol. The number of amides is 1. The van der Waals surface area contributed by atoms with Crippen LogP contribution in [0.2, 0.25) is 0 Å². The van der Waals surface area contributed by atoms with Crippen molar-refractivity contribution in [3.05, 3.63) is 0 Å². The Balaban J connectivity index is 2.36. The molecule has 1 amide bonds. The van der Waals surface area contributed by atoms with Crippen LogP contribution in [-0.4, -0.2) is 36.5 Å². The molecule has 0 aromatic rings. The fourth-order valence-electron chi connectivity index (χ4n) is 2.78. The Kier molecular flexibility index (Phi) is 5.96. The standard InChI is InChI=1S/C14H28N2O/c1-5-16(6-2)14(17)10-15-13-9-7-8-11(3)12(13)4/h11-13,15H,5-10H2,1-4H3. The van der Waals surface area contributed by atoms with Gasteiger partial charge >= 0.3 is 0 Å². The maximum Gasteiger partial charge on any atom is 0.236 e. The summed E-state index contributed by atoms with van der Waals surface area (Å²) in [5.41, 5.74) is 0. The van der Waals surface area contributed by atoms with Crippen molar-refractivity contribution in [3.8, 4) is 0 Å². The summed E-state index contributed by atoms with van der Waals surface area (Å²) >= 11 is 0. The summed E-state index contributed by atoms with van der Waals surface area (Å²) in [6, 6.07) is 0.526. The van der Waals surface area contributed by atoms with Crippen LogP contribution in [0.5, 0.6) is 0 Å². The van der Waals surface area contributed by atoms with Crippen LogP contribution >= 0.6 is 0 Å². The maximum absolute atomic E-state index is 11.9. The summed E-state index contributed by atoms with van der Waals surface area (Å²) in [5, 5.41) is 3.46. The smallest absolute Gasteiger partial charge is 0.236 e. The summed E-state index contributed by atoms with van der Waals surface area (Å²) in [6.45, 7) is 10.8. The topological polar surface area (TPSA) is 32.3 Å². The Morgan fingerprint density at radius 1 is 1.24 bits per heavy atom. The third kappa shape index (κ3) is 3.98. The molecule has 0 bridgehead atoms. The van der Waals surface area contributed by atoms with Crippen LogP contribution < -0.4 is 5.32 Å². The highest BCUT2D eigenvalue weighted by atomic mass is 16.2. The predicted molar refractivity (Wildman–Crippen MR) is 71.9 cm³/mol. The molecule has 0 aliphatic heterocycles. The quantitative estimate of drug-likeness (QED) is 0.799. The fourth-order valence-corrected chi connectivity index (χ4v) is 2.78. The molecule has 0 aromatic carbocycles. The SMILES string of the molecule is CCN(CC)C(=O)CNC1CCCC(C)C1C. The molecule has 1 aliphatic carbocycles. The Labute approximate surface area is 106 Å². The second-order valence-electron chi connectivity index (χ2n) is 5.32. The Hall–Kier alpha value is -0.570. The number of rotatable bonds is 5. The number of likely N-dealkylation sites (N-methyl/N-ethyl adjacent to an activating group) is 1. The van der Waals surface area contributed by atoms with Crippen LogP contribution in [0.4, 0.5) is 0 Å². The molecule has 1 aliphatic rings. The normalized spacial score (nSPS) is 29.1. The zero-order valence-electron chi connectivity index (χ0n) is 11.8. The lowest BCUT2D eigenvalue weighted by atomic mass is 9.78. The first kappa shape index (κ1) is 14.5. The van der Waals surface area contributed by atoms with Crippen molar-refractivity contribution in [1.82, 2.24) is 10.2 Å². The van der Waals surface area contributed by atoms with Gasteiger partial charge in [-0.3, -0.25) is 4.79 Å². The summed E-state index contributed by atoms with van der Waals surface area (Å²) in [5.74, 6) is 1.71. The number of carbonyl (C=O) groups excluding carboxylic acids is 1. The number of hydrogen-bond acceptors (Lipinski definition) is 2. The molecule has 0 saturated heterocycles. The molecular formula is C14H28N2O. The first-order valence-corrected chi connectivity index (χ1v) is 7.11. The van der Waals surface area contributed by atoms with E-state index in [0.29, 0.717) is 18.5 Å². The van der Waals surface area contributed by atoms with E-state index in [1.165, 1.54) is 19.3 Å². The van der Waals surface area contributed by atoms with Crippen molar-refractivity contribution < 1.29 is 4.79 Å². The highest BCUT2D eigenvalue weighted by Gasteiger charge is 2.27. The third-order valence-corrected chi connectivity index (χ3v) is 4.34. The average molecular weight is 240 g/mol. The van der Waals surface area contributed by atoms with Gasteiger partial charge in [0.25, 0.3) is 0 Å². The Bertz CT molecular complexity index is 238. The van der Waals surface area contributed by atoms with E-state index in [4.69, 9.17) is 0 Å². The van der Waals surface area contributed by atoms with Gasteiger partial charge in [0.2, 0.25) is 5.91 Å². The molecule has 1 saturated carbocycles. The van der Waals surface area contributed by atoms with Crippen LogP contribution in [0.25, 0.3) is 0 Å². The van der Waals surface area contributed by atoms with Crippen LogP contribution in [0.15, 0.2) is 0 Å². The minimum Gasteiger partial charge on any atom is -0.342 e. The number of carbonyl (C=O) groups is 1. The van der Waals surface area contributed by atoms with E-state index in [9.17, 15) is 4.79 Å². The maximum atomic E-state index is 11.9. The lowest BCUT2D eigenvalue weighted by molar-refractivity contribution is -0.130. The molecule has 3 atom stereocenters. The van der Waals surface area contributed by atoms with Gasteiger partial charge in [0.05, 0.1) is 6.54 Å². The average Bonchev–Trinajstić information content (AvgIpc) is 2.32. The van der Waals surface area contributed by atoms with Crippen LogP contribution in [-0.2, 0) is 4.79 Å². The van der Waals surface area contributed by atoms with Gasteiger partial charge in [-0.15, -0.1) is 0 Å². The number of nitrogens with one attached hydrogen (secondary N) is 1. The minimum atomic E-state index is 0.237. The largest absolute Gasteiger partial charge is 0.342 e. The van der Waals surface area contributed by atoms with Crippen molar-refractivity contribution in [2.75, 3.05) is 19.6 Å². The van der Waals surface area contributed by atoms with Crippen molar-refractivity contribution >= 4 is 5.91 Å². The predicted octanol–water partition coefficient (Wildman–Crippen LogP) is 2.27. The summed E-state index contributed by atoms with van der Waals surface area (Å²) in [7, 11) is 0. The van der Waals surface area contributed by atoms with Gasteiger partial charge in [0.1, 0.15) is 0 Å². The van der Waals surface area contributed by atoms with Gasteiger partial charge in [0, 0.05) is 19.1 Å². The lowest BCUT2D eigenvalue weighted by Crippen LogP contribution is -2.46. The first-order chi connectivity index (χ1) is 8.10. The molecule has 0 heterocycles. The van der Waals surface area contributed by atoms with Gasteiger partial charge < -0.3 is 10.2 Å². The van der Waals surface area contributed by atoms with Gasteiger partial charge in [-0.1, -0.05) is 26.7 Å². The molecule has 3 unspecified atom stereocenters. The zero-order valence-corrected chi connectivity index (χ0v) is 11.8. The first-order valence-electron chi connectivity index (χ1n) is 7.11. The molecule has 1 fully saturated rings. The molecule has 100 valence electrons. The molecule has 1 N–H and O–H groups in total. The minimum absolute atomic E-state index is 0.237. The fraction of sp³-hybridized carbons (Fsp3) is 0.929. The van der Waals surface area contributed by atoms with E-state index in [-0.39, 0.29) is 5.91 Å². The monoisotopic (exact) mass is 240 g/mol. The zero-order chi connectivity index (χ0) is 12.8. The summed E-state index contributed by atoms with van der Waals surface area (Å²) < 4.78 is 0. The van der Waals surface area contributed by atoms with Crippen LogP contribution in [0.1, 0.15) is 47.0 Å². The number of hydrogen-bond donors (Lipinski definition) is 1. The molecule has 1 rings (SSSR count). The lowest BCUT2D eigenvalue weighted by Gasteiger charge is -2.35. The Morgan fingerprint density at radius 3 is 2.47 bits per heavy atom. The van der Waals surface area contributed by atoms with Gasteiger partial charge in [-0.25, -0.2) is 0 Å². The Morgan fingerprint density at radius 2 is 1.88 bits per heavy atom. The van der Waals surface area contributed by atoms with Gasteiger partial charge in [0.15, 0.2) is 0 Å². The second kappa shape index (κ2) is 7.00. The number of nitrogens with zero attached hydrogens (tertiary/aromatic N) is 1. The molecule has 0 spiro atoms. The van der Waals surface area contributed by atoms with Crippen molar-refractivity contribution in [3.63, 3.8) is 0 Å². The van der Waals surface area contributed by atoms with E-state index in [1.807, 2.05) is 18.7 Å². The van der Waals surface area contributed by atoms with E-state index in [0.717, 1.165) is 19.0 Å². The van der Waals surface area contributed by atoms with Crippen molar-refractivity contribution in [2.45, 2.75) is 53.0 Å². The van der Waals surface area contributed by atoms with Crippen LogP contribution in [0.3, 0.4) is 0 Å². The molecule has 3 heteroatoms. The second-order valence-corrected chi connectivity index (χ2v) is 5.32. The highest BCUT2D eigenvalue weighted by Crippen LogP contribution is 2.29. The molecule has 0 aromatic heterocycles. The molecule has 0 radical (unpaired) electrons. The highest BCUT2D eigenvalue weighted by molar-refractivity contribution is 5.78. The van der Waals surface area contributed by atoms with E-state index >= 15 is 0 Å². The van der Waals surface area contributed by atoms with Crippen molar-refractivity contribution in [2.24, 2.45) is 11.8 Å². The van der Waals surface area contributed by atoms with Gasteiger partial charge in [-0.2, -0.15) is 0 Å². The summed E-state index contributed by atoms with van der Waals surface area (Å²) in [4.78, 5) is 13.8. The molecule has 17 heavy (non-hydrogen) atoms. The third-order valence-electron chi connectivity index (χ3n) is 4.34. The van der Waals surface area contributed by atoms with E-state index < -0.39 is 0 Å². The van der Waals surface area contributed by atoms with Gasteiger partial charge in [-0.05, 0) is 32.1 Å². The van der Waals surface area contributed by atoms with E-state index in [1.54, 1.807) is 0 Å². The van der Waals surface area contributed by atoms with Crippen molar-refractivity contribution in [1.29, 1.82) is 0 Å². The van der Waals surface area contributed by atoms with E-state index in [2.05, 4.69) is 19.2 Å². The summed E-state index contributed by atoms with van der Waals surface area (Å²) in [6.07, 6.45) is 3.85.